The summed E-state index contributed by atoms with van der Waals surface area (Å²) in [4.78, 5) is 15.9. The second-order valence-electron chi connectivity index (χ2n) is 6.31. The third kappa shape index (κ3) is 9.20. The van der Waals surface area contributed by atoms with Gasteiger partial charge in [-0.25, -0.2) is 13.6 Å². The molecule has 23 heavy (non-hydrogen) atoms. The van der Waals surface area contributed by atoms with Gasteiger partial charge in [-0.2, -0.15) is 0 Å². The minimum atomic E-state index is -2.46. The lowest BCUT2D eigenvalue weighted by Gasteiger charge is -2.34. The summed E-state index contributed by atoms with van der Waals surface area (Å²) in [5, 5.41) is 8.37. The molecule has 136 valence electrons. The van der Waals surface area contributed by atoms with Crippen LogP contribution in [0.2, 0.25) is 0 Å². The van der Waals surface area contributed by atoms with Gasteiger partial charge in [-0.3, -0.25) is 4.99 Å². The zero-order valence-corrected chi connectivity index (χ0v) is 14.9. The Morgan fingerprint density at radius 3 is 2.13 bits per heavy atom. The minimum Gasteiger partial charge on any atom is -0.444 e. The van der Waals surface area contributed by atoms with Gasteiger partial charge in [0.25, 0.3) is 6.43 Å². The lowest BCUT2D eigenvalue weighted by molar-refractivity contribution is 0.0448. The highest BCUT2D eigenvalue weighted by atomic mass is 19.3. The smallest absolute Gasteiger partial charge is 0.408 e. The Kier molecular flexibility index (Phi) is 8.86. The third-order valence-electron chi connectivity index (χ3n) is 3.36. The normalized spacial score (nSPS) is 13.0. The maximum Gasteiger partial charge on any atom is 0.408 e. The third-order valence-corrected chi connectivity index (χ3v) is 3.36. The number of nitrogens with one attached hydrogen (secondary N) is 3. The molecule has 8 heteroatoms. The monoisotopic (exact) mass is 336 g/mol. The van der Waals surface area contributed by atoms with E-state index in [2.05, 4.69) is 20.9 Å². The molecule has 0 rings (SSSR count). The van der Waals surface area contributed by atoms with Crippen molar-refractivity contribution in [2.45, 2.75) is 65.0 Å². The van der Waals surface area contributed by atoms with Crippen molar-refractivity contribution >= 4 is 12.1 Å². The number of carbonyl (C=O) groups is 1. The first-order valence-electron chi connectivity index (χ1n) is 7.81. The lowest BCUT2D eigenvalue weighted by Crippen LogP contribution is -2.57. The Hall–Kier alpha value is -1.60. The van der Waals surface area contributed by atoms with Gasteiger partial charge in [0, 0.05) is 13.6 Å². The van der Waals surface area contributed by atoms with Gasteiger partial charge < -0.3 is 20.7 Å². The number of aliphatic imine (C=N–C) groups is 1. The standard InChI is InChI=1S/C15H30F2N4O2/c1-7-15(8-2,21-13(22)23-14(3,4)5)10-20-12(18-6)19-9-11(16)17/h11H,7-10H2,1-6H3,(H,21,22)(H2,18,19,20). The van der Waals surface area contributed by atoms with Crippen molar-refractivity contribution in [3.05, 3.63) is 0 Å². The second kappa shape index (κ2) is 9.52. The summed E-state index contributed by atoms with van der Waals surface area (Å²) in [5.41, 5.74) is -1.13. The molecule has 0 bridgehead atoms. The molecular weight excluding hydrogens is 306 g/mol. The van der Waals surface area contributed by atoms with Gasteiger partial charge in [0.2, 0.25) is 0 Å². The number of halogens is 2. The Bertz CT molecular complexity index is 391. The summed E-state index contributed by atoms with van der Waals surface area (Å²) in [5.74, 6) is 0.266. The maximum atomic E-state index is 12.2. The number of alkyl halides is 2. The number of ether oxygens (including phenoxy) is 1. The number of hydrogen-bond donors (Lipinski definition) is 3. The molecule has 0 aliphatic heterocycles. The van der Waals surface area contributed by atoms with E-state index in [1.165, 1.54) is 7.05 Å². The first-order chi connectivity index (χ1) is 10.6. The van der Waals surface area contributed by atoms with E-state index in [9.17, 15) is 13.6 Å². The molecule has 6 nitrogen and oxygen atoms in total. The maximum absolute atomic E-state index is 12.2. The molecule has 0 saturated carbocycles. The zero-order chi connectivity index (χ0) is 18.1. The fourth-order valence-electron chi connectivity index (χ4n) is 1.89. The molecule has 0 unspecified atom stereocenters. The molecule has 1 amide bonds. The second-order valence-corrected chi connectivity index (χ2v) is 6.31. The molecular formula is C15H30F2N4O2. The number of carbonyl (C=O) groups excluding carboxylic acids is 1. The predicted octanol–water partition coefficient (Wildman–Crippen LogP) is 2.50. The van der Waals surface area contributed by atoms with Crippen LogP contribution in [-0.4, -0.2) is 49.8 Å². The van der Waals surface area contributed by atoms with Crippen LogP contribution in [0, 0.1) is 0 Å². The van der Waals surface area contributed by atoms with E-state index in [0.29, 0.717) is 19.4 Å². The fourth-order valence-corrected chi connectivity index (χ4v) is 1.89. The number of hydrogen-bond acceptors (Lipinski definition) is 3. The van der Waals surface area contributed by atoms with Gasteiger partial charge in [-0.1, -0.05) is 13.8 Å². The largest absolute Gasteiger partial charge is 0.444 e. The minimum absolute atomic E-state index is 0.266. The van der Waals surface area contributed by atoms with Crippen LogP contribution in [-0.2, 0) is 4.74 Å². The molecule has 0 fully saturated rings. The van der Waals surface area contributed by atoms with Crippen molar-refractivity contribution in [1.82, 2.24) is 16.0 Å². The first-order valence-corrected chi connectivity index (χ1v) is 7.81. The number of amides is 1. The molecule has 0 atom stereocenters. The number of nitrogens with zero attached hydrogens (tertiary/aromatic N) is 1. The lowest BCUT2D eigenvalue weighted by atomic mass is 9.93. The molecule has 0 spiro atoms. The van der Waals surface area contributed by atoms with E-state index < -0.39 is 30.2 Å². The first kappa shape index (κ1) is 21.4. The van der Waals surface area contributed by atoms with Gasteiger partial charge in [-0.05, 0) is 33.6 Å². The topological polar surface area (TPSA) is 74.8 Å². The molecule has 3 N–H and O–H groups in total. The average Bonchev–Trinajstić information content (AvgIpc) is 2.43. The summed E-state index contributed by atoms with van der Waals surface area (Å²) in [6.45, 7) is 9.13. The van der Waals surface area contributed by atoms with Crippen molar-refractivity contribution in [1.29, 1.82) is 0 Å². The predicted molar refractivity (Wildman–Crippen MR) is 88.1 cm³/mol. The van der Waals surface area contributed by atoms with Crippen LogP contribution < -0.4 is 16.0 Å². The van der Waals surface area contributed by atoms with Crippen LogP contribution in [0.5, 0.6) is 0 Å². The summed E-state index contributed by atoms with van der Waals surface area (Å²) < 4.78 is 29.8. The van der Waals surface area contributed by atoms with Crippen molar-refractivity contribution < 1.29 is 18.3 Å². The van der Waals surface area contributed by atoms with E-state index in [1.54, 1.807) is 20.8 Å². The van der Waals surface area contributed by atoms with E-state index in [0.717, 1.165) is 0 Å². The molecule has 0 saturated heterocycles. The SMILES string of the molecule is CCC(CC)(CNC(=NC)NCC(F)F)NC(=O)OC(C)(C)C. The van der Waals surface area contributed by atoms with Crippen LogP contribution in [0.3, 0.4) is 0 Å². The molecule has 0 radical (unpaired) electrons. The van der Waals surface area contributed by atoms with Crippen LogP contribution in [0.4, 0.5) is 13.6 Å². The van der Waals surface area contributed by atoms with Crippen molar-refractivity contribution in [3.63, 3.8) is 0 Å². The van der Waals surface area contributed by atoms with Gasteiger partial charge >= 0.3 is 6.09 Å². The van der Waals surface area contributed by atoms with Crippen LogP contribution >= 0.6 is 0 Å². The zero-order valence-electron chi connectivity index (χ0n) is 14.9. The van der Waals surface area contributed by atoms with Crippen molar-refractivity contribution in [2.75, 3.05) is 20.1 Å². The van der Waals surface area contributed by atoms with Gasteiger partial charge in [0.05, 0.1) is 12.1 Å². The van der Waals surface area contributed by atoms with Crippen LogP contribution in [0.15, 0.2) is 4.99 Å². The van der Waals surface area contributed by atoms with E-state index in [-0.39, 0.29) is 5.96 Å². The molecule has 0 aliphatic carbocycles. The highest BCUT2D eigenvalue weighted by Gasteiger charge is 2.30. The Labute approximate surface area is 137 Å². The summed E-state index contributed by atoms with van der Waals surface area (Å²) in [6, 6.07) is 0. The summed E-state index contributed by atoms with van der Waals surface area (Å²) in [7, 11) is 1.50. The van der Waals surface area contributed by atoms with E-state index >= 15 is 0 Å². The van der Waals surface area contributed by atoms with E-state index in [1.807, 2.05) is 13.8 Å². The van der Waals surface area contributed by atoms with Crippen LogP contribution in [0.25, 0.3) is 0 Å². The van der Waals surface area contributed by atoms with E-state index in [4.69, 9.17) is 4.74 Å². The van der Waals surface area contributed by atoms with Gasteiger partial charge in [-0.15, -0.1) is 0 Å². The fraction of sp³-hybridized carbons (Fsp3) is 0.867. The van der Waals surface area contributed by atoms with Crippen molar-refractivity contribution in [2.24, 2.45) is 4.99 Å². The van der Waals surface area contributed by atoms with Gasteiger partial charge in [0.15, 0.2) is 5.96 Å². The molecule has 0 heterocycles. The highest BCUT2D eigenvalue weighted by molar-refractivity contribution is 5.79. The number of rotatable bonds is 7. The van der Waals surface area contributed by atoms with Crippen LogP contribution in [0.1, 0.15) is 47.5 Å². The molecule has 0 aromatic heterocycles. The molecule has 0 aromatic rings. The quantitative estimate of drug-likeness (QED) is 0.493. The highest BCUT2D eigenvalue weighted by Crippen LogP contribution is 2.16. The Morgan fingerprint density at radius 2 is 1.74 bits per heavy atom. The Balaban J connectivity index is 4.73. The molecule has 0 aromatic carbocycles. The molecule has 0 aliphatic rings. The average molecular weight is 336 g/mol. The number of guanidine groups is 1. The van der Waals surface area contributed by atoms with Crippen molar-refractivity contribution in [3.8, 4) is 0 Å². The van der Waals surface area contributed by atoms with Gasteiger partial charge in [0.1, 0.15) is 5.60 Å². The summed E-state index contributed by atoms with van der Waals surface area (Å²) >= 11 is 0. The number of alkyl carbamates (subject to hydrolysis) is 1. The Morgan fingerprint density at radius 1 is 1.17 bits per heavy atom. The summed E-state index contributed by atoms with van der Waals surface area (Å²) in [6.07, 6.45) is -1.66.